The Hall–Kier alpha value is -1.62. The summed E-state index contributed by atoms with van der Waals surface area (Å²) >= 11 is 0. The average molecular weight is 280 g/mol. The zero-order valence-corrected chi connectivity index (χ0v) is 11.9. The molecular formula is C15H21FN2O2. The van der Waals surface area contributed by atoms with Crippen LogP contribution in [0.2, 0.25) is 0 Å². The van der Waals surface area contributed by atoms with E-state index >= 15 is 0 Å². The minimum Gasteiger partial charge on any atom is -0.480 e. The van der Waals surface area contributed by atoms with Gasteiger partial charge in [0.1, 0.15) is 11.4 Å². The van der Waals surface area contributed by atoms with Crippen LogP contribution in [-0.2, 0) is 4.79 Å². The van der Waals surface area contributed by atoms with Crippen molar-refractivity contribution in [3.8, 4) is 0 Å². The third kappa shape index (κ3) is 3.70. The second kappa shape index (κ2) is 5.79. The summed E-state index contributed by atoms with van der Waals surface area (Å²) in [6.07, 6.45) is 2.55. The third-order valence-electron chi connectivity index (χ3n) is 3.77. The van der Waals surface area contributed by atoms with Crippen molar-refractivity contribution in [3.63, 3.8) is 0 Å². The summed E-state index contributed by atoms with van der Waals surface area (Å²) < 4.78 is 13.2. The molecule has 2 rings (SSSR count). The number of nitrogens with zero attached hydrogens (tertiary/aromatic N) is 1. The fourth-order valence-corrected chi connectivity index (χ4v) is 2.15. The minimum atomic E-state index is -0.928. The first-order chi connectivity index (χ1) is 9.40. The highest BCUT2D eigenvalue weighted by molar-refractivity contribution is 5.78. The van der Waals surface area contributed by atoms with Crippen LogP contribution in [0.1, 0.15) is 26.2 Å². The van der Waals surface area contributed by atoms with E-state index in [9.17, 15) is 14.3 Å². The largest absolute Gasteiger partial charge is 0.480 e. The Bertz CT molecular complexity index is 491. The van der Waals surface area contributed by atoms with Gasteiger partial charge in [0.15, 0.2) is 0 Å². The molecule has 1 aromatic carbocycles. The minimum absolute atomic E-state index is 0.286. The molecular weight excluding hydrogens is 259 g/mol. The molecule has 0 aromatic heterocycles. The van der Waals surface area contributed by atoms with Gasteiger partial charge in [-0.05, 0) is 44.4 Å². The van der Waals surface area contributed by atoms with Crippen LogP contribution in [0, 0.1) is 5.82 Å². The number of benzene rings is 1. The van der Waals surface area contributed by atoms with E-state index in [-0.39, 0.29) is 5.82 Å². The first-order valence-electron chi connectivity index (χ1n) is 6.88. The zero-order chi connectivity index (χ0) is 14.8. The van der Waals surface area contributed by atoms with Crippen LogP contribution in [0.5, 0.6) is 0 Å². The van der Waals surface area contributed by atoms with E-state index in [1.165, 1.54) is 12.1 Å². The van der Waals surface area contributed by atoms with Crippen LogP contribution in [0.4, 0.5) is 10.1 Å². The standard InChI is InChI=1S/C15H21FN2O2/c1-15(14(19)20,17-12-6-7-12)8-9-18(2)13-5-3-4-11(16)10-13/h3-5,10,12,17H,6-9H2,1-2H3,(H,19,20). The van der Waals surface area contributed by atoms with E-state index in [0.717, 1.165) is 18.5 Å². The maximum atomic E-state index is 13.2. The molecule has 1 aromatic rings. The lowest BCUT2D eigenvalue weighted by atomic mass is 9.97. The molecule has 0 aliphatic heterocycles. The number of carboxylic acids is 1. The molecule has 2 N–H and O–H groups in total. The highest BCUT2D eigenvalue weighted by Crippen LogP contribution is 2.25. The predicted molar refractivity (Wildman–Crippen MR) is 76.5 cm³/mol. The third-order valence-corrected chi connectivity index (χ3v) is 3.77. The first-order valence-corrected chi connectivity index (χ1v) is 6.88. The summed E-state index contributed by atoms with van der Waals surface area (Å²) in [6, 6.07) is 6.64. The van der Waals surface area contributed by atoms with E-state index in [1.807, 2.05) is 18.0 Å². The van der Waals surface area contributed by atoms with Gasteiger partial charge in [0, 0.05) is 25.3 Å². The molecule has 1 aliphatic rings. The Labute approximate surface area is 118 Å². The van der Waals surface area contributed by atoms with Crippen molar-refractivity contribution in [2.75, 3.05) is 18.5 Å². The van der Waals surface area contributed by atoms with Crippen LogP contribution in [0.3, 0.4) is 0 Å². The molecule has 0 bridgehead atoms. The second-order valence-corrected chi connectivity index (χ2v) is 5.71. The summed E-state index contributed by atoms with van der Waals surface area (Å²) in [5, 5.41) is 12.6. The van der Waals surface area contributed by atoms with Gasteiger partial charge in [-0.2, -0.15) is 0 Å². The fourth-order valence-electron chi connectivity index (χ4n) is 2.15. The van der Waals surface area contributed by atoms with Crippen molar-refractivity contribution >= 4 is 11.7 Å². The lowest BCUT2D eigenvalue weighted by molar-refractivity contribution is -0.144. The van der Waals surface area contributed by atoms with Gasteiger partial charge in [0.05, 0.1) is 0 Å². The molecule has 110 valence electrons. The SMILES string of the molecule is CN(CCC(C)(NC1CC1)C(=O)O)c1cccc(F)c1. The molecule has 4 nitrogen and oxygen atoms in total. The Morgan fingerprint density at radius 2 is 2.25 bits per heavy atom. The molecule has 0 heterocycles. The maximum Gasteiger partial charge on any atom is 0.323 e. The van der Waals surface area contributed by atoms with Gasteiger partial charge in [0.2, 0.25) is 0 Å². The zero-order valence-electron chi connectivity index (χ0n) is 11.9. The number of anilines is 1. The van der Waals surface area contributed by atoms with E-state index < -0.39 is 11.5 Å². The lowest BCUT2D eigenvalue weighted by Crippen LogP contribution is -2.52. The van der Waals surface area contributed by atoms with Gasteiger partial charge >= 0.3 is 5.97 Å². The number of carboxylic acid groups (broad SMARTS) is 1. The van der Waals surface area contributed by atoms with Gasteiger partial charge in [0.25, 0.3) is 0 Å². The molecule has 20 heavy (non-hydrogen) atoms. The Morgan fingerprint density at radius 1 is 1.55 bits per heavy atom. The number of rotatable bonds is 7. The van der Waals surface area contributed by atoms with Gasteiger partial charge in [-0.25, -0.2) is 4.39 Å². The number of carbonyl (C=O) groups is 1. The maximum absolute atomic E-state index is 13.2. The summed E-state index contributed by atoms with van der Waals surface area (Å²) in [4.78, 5) is 13.3. The molecule has 0 spiro atoms. The normalized spacial score (nSPS) is 17.6. The molecule has 0 saturated heterocycles. The predicted octanol–water partition coefficient (Wildman–Crippen LogP) is 2.25. The number of nitrogens with one attached hydrogen (secondary N) is 1. The van der Waals surface area contributed by atoms with Crippen molar-refractivity contribution in [1.29, 1.82) is 0 Å². The van der Waals surface area contributed by atoms with Crippen LogP contribution >= 0.6 is 0 Å². The topological polar surface area (TPSA) is 52.6 Å². The van der Waals surface area contributed by atoms with E-state index in [0.29, 0.717) is 19.0 Å². The van der Waals surface area contributed by atoms with Crippen molar-refractivity contribution in [3.05, 3.63) is 30.1 Å². The number of halogens is 1. The fraction of sp³-hybridized carbons (Fsp3) is 0.533. The Balaban J connectivity index is 1.96. The number of hydrogen-bond donors (Lipinski definition) is 2. The van der Waals surface area contributed by atoms with Gasteiger partial charge in [-0.3, -0.25) is 10.1 Å². The molecule has 0 amide bonds. The quantitative estimate of drug-likeness (QED) is 0.804. The van der Waals surface area contributed by atoms with Crippen LogP contribution in [0.15, 0.2) is 24.3 Å². The summed E-state index contributed by atoms with van der Waals surface area (Å²) in [5.74, 6) is -1.12. The summed E-state index contributed by atoms with van der Waals surface area (Å²) in [5.41, 5.74) is -0.174. The summed E-state index contributed by atoms with van der Waals surface area (Å²) in [6.45, 7) is 2.26. The molecule has 0 radical (unpaired) electrons. The molecule has 5 heteroatoms. The second-order valence-electron chi connectivity index (χ2n) is 5.71. The lowest BCUT2D eigenvalue weighted by Gasteiger charge is -2.29. The van der Waals surface area contributed by atoms with Crippen molar-refractivity contribution in [2.24, 2.45) is 0 Å². The van der Waals surface area contributed by atoms with Gasteiger partial charge in [-0.15, -0.1) is 0 Å². The molecule has 1 aliphatic carbocycles. The van der Waals surface area contributed by atoms with Crippen LogP contribution in [-0.4, -0.2) is 36.2 Å². The van der Waals surface area contributed by atoms with Crippen molar-refractivity contribution in [2.45, 2.75) is 37.8 Å². The smallest absolute Gasteiger partial charge is 0.323 e. The van der Waals surface area contributed by atoms with Crippen LogP contribution in [0.25, 0.3) is 0 Å². The Kier molecular flexibility index (Phi) is 4.28. The molecule has 1 fully saturated rings. The van der Waals surface area contributed by atoms with E-state index in [1.54, 1.807) is 13.0 Å². The molecule has 1 unspecified atom stereocenters. The Morgan fingerprint density at radius 3 is 2.80 bits per heavy atom. The van der Waals surface area contributed by atoms with Crippen molar-refractivity contribution in [1.82, 2.24) is 5.32 Å². The first kappa shape index (κ1) is 14.8. The highest BCUT2D eigenvalue weighted by Gasteiger charge is 2.38. The van der Waals surface area contributed by atoms with Gasteiger partial charge in [-0.1, -0.05) is 6.07 Å². The summed E-state index contributed by atoms with van der Waals surface area (Å²) in [7, 11) is 1.84. The molecule has 1 atom stereocenters. The van der Waals surface area contributed by atoms with E-state index in [2.05, 4.69) is 5.32 Å². The van der Waals surface area contributed by atoms with Crippen molar-refractivity contribution < 1.29 is 14.3 Å². The van der Waals surface area contributed by atoms with E-state index in [4.69, 9.17) is 0 Å². The molecule has 1 saturated carbocycles. The average Bonchev–Trinajstić information content (AvgIpc) is 3.19. The number of aliphatic carboxylic acids is 1. The monoisotopic (exact) mass is 280 g/mol. The number of hydrogen-bond acceptors (Lipinski definition) is 3. The van der Waals surface area contributed by atoms with Crippen LogP contribution < -0.4 is 10.2 Å². The van der Waals surface area contributed by atoms with Gasteiger partial charge < -0.3 is 10.0 Å². The highest BCUT2D eigenvalue weighted by atomic mass is 19.1.